The molecule has 3 N–H and O–H groups in total. The minimum Gasteiger partial charge on any atom is -0.467 e. The summed E-state index contributed by atoms with van der Waals surface area (Å²) in [5, 5.41) is 5.13. The zero-order chi connectivity index (χ0) is 15.5. The van der Waals surface area contributed by atoms with Gasteiger partial charge in [0.2, 0.25) is 0 Å². The van der Waals surface area contributed by atoms with Crippen molar-refractivity contribution in [3.63, 3.8) is 0 Å². The molecule has 2 aromatic rings. The van der Waals surface area contributed by atoms with Crippen LogP contribution in [-0.2, 0) is 19.5 Å². The Balaban J connectivity index is 1.52. The molecule has 6 heteroatoms. The van der Waals surface area contributed by atoms with Crippen LogP contribution in [0.4, 0.5) is 0 Å². The van der Waals surface area contributed by atoms with Crippen molar-refractivity contribution >= 4 is 17.2 Å². The van der Waals surface area contributed by atoms with Gasteiger partial charge in [0.15, 0.2) is 0 Å². The number of hydrogen-bond acceptors (Lipinski definition) is 5. The maximum atomic E-state index is 12.1. The van der Waals surface area contributed by atoms with E-state index in [1.165, 1.54) is 16.7 Å². The Hall–Kier alpha value is -1.63. The first-order valence-electron chi connectivity index (χ1n) is 7.52. The van der Waals surface area contributed by atoms with Crippen LogP contribution >= 0.6 is 11.3 Å². The van der Waals surface area contributed by atoms with Crippen LogP contribution in [-0.4, -0.2) is 29.9 Å². The maximum Gasteiger partial charge on any atom is 0.254 e. The molecule has 1 atom stereocenters. The highest BCUT2D eigenvalue weighted by atomic mass is 32.1. The van der Waals surface area contributed by atoms with E-state index in [0.717, 1.165) is 19.5 Å². The molecule has 118 valence electrons. The zero-order valence-corrected chi connectivity index (χ0v) is 13.5. The van der Waals surface area contributed by atoms with Gasteiger partial charge in [-0.05, 0) is 36.4 Å². The summed E-state index contributed by atoms with van der Waals surface area (Å²) in [5.41, 5.74) is 7.44. The van der Waals surface area contributed by atoms with Crippen molar-refractivity contribution in [3.8, 4) is 0 Å². The van der Waals surface area contributed by atoms with Gasteiger partial charge >= 0.3 is 0 Å². The lowest BCUT2D eigenvalue weighted by Crippen LogP contribution is -2.44. The van der Waals surface area contributed by atoms with Crippen LogP contribution in [0.15, 0.2) is 28.2 Å². The molecule has 5 nitrogen and oxygen atoms in total. The summed E-state index contributed by atoms with van der Waals surface area (Å²) in [6, 6.07) is 4.20. The first-order valence-corrected chi connectivity index (χ1v) is 8.40. The van der Waals surface area contributed by atoms with Gasteiger partial charge in [-0.2, -0.15) is 0 Å². The minimum absolute atomic E-state index is 0.108. The molecule has 1 aliphatic rings. The maximum absolute atomic E-state index is 12.1. The predicted molar refractivity (Wildman–Crippen MR) is 86.8 cm³/mol. The normalized spacial score (nSPS) is 16.3. The number of amides is 1. The third-order valence-corrected chi connectivity index (χ3v) is 5.16. The van der Waals surface area contributed by atoms with Gasteiger partial charge < -0.3 is 15.5 Å². The number of hydrogen-bond donors (Lipinski definition) is 2. The lowest BCUT2D eigenvalue weighted by atomic mass is 10.1. The number of nitrogens with one attached hydrogen (secondary N) is 1. The van der Waals surface area contributed by atoms with Gasteiger partial charge in [-0.25, -0.2) is 0 Å². The monoisotopic (exact) mass is 319 g/mol. The van der Waals surface area contributed by atoms with Crippen LogP contribution < -0.4 is 11.1 Å². The molecular weight excluding hydrogens is 298 g/mol. The van der Waals surface area contributed by atoms with Crippen molar-refractivity contribution in [2.24, 2.45) is 5.73 Å². The van der Waals surface area contributed by atoms with E-state index in [2.05, 4.69) is 28.6 Å². The summed E-state index contributed by atoms with van der Waals surface area (Å²) < 4.78 is 5.19. The van der Waals surface area contributed by atoms with Gasteiger partial charge in [-0.3, -0.25) is 9.69 Å². The summed E-state index contributed by atoms with van der Waals surface area (Å²) in [7, 11) is 0. The average Bonchev–Trinajstić information content (AvgIpc) is 3.19. The fraction of sp³-hybridized carbons (Fsp3) is 0.438. The fourth-order valence-corrected chi connectivity index (χ4v) is 3.61. The summed E-state index contributed by atoms with van der Waals surface area (Å²) in [6.45, 7) is 5.10. The Kier molecular flexibility index (Phi) is 4.61. The van der Waals surface area contributed by atoms with Crippen LogP contribution in [0.3, 0.4) is 0 Å². The Morgan fingerprint density at radius 3 is 3.23 bits per heavy atom. The molecule has 2 aromatic heterocycles. The predicted octanol–water partition coefficient (Wildman–Crippen LogP) is 1.98. The van der Waals surface area contributed by atoms with Crippen LogP contribution in [0.25, 0.3) is 0 Å². The van der Waals surface area contributed by atoms with Crippen molar-refractivity contribution < 1.29 is 9.21 Å². The number of nitrogens with zero attached hydrogens (tertiary/aromatic N) is 1. The number of rotatable bonds is 5. The topological polar surface area (TPSA) is 71.5 Å². The van der Waals surface area contributed by atoms with E-state index in [9.17, 15) is 4.79 Å². The SMILES string of the molecule is CC(CNC(=O)c1coc(CN)c1)N1CCc2sccc2C1. The number of fused-ring (bicyclic) bond motifs is 1. The molecule has 0 saturated carbocycles. The lowest BCUT2D eigenvalue weighted by Gasteiger charge is -2.32. The molecule has 0 aromatic carbocycles. The van der Waals surface area contributed by atoms with E-state index in [1.54, 1.807) is 6.07 Å². The Morgan fingerprint density at radius 2 is 2.45 bits per heavy atom. The molecule has 0 bridgehead atoms. The van der Waals surface area contributed by atoms with E-state index in [-0.39, 0.29) is 5.91 Å². The van der Waals surface area contributed by atoms with Crippen LogP contribution in [0.1, 0.15) is 33.5 Å². The van der Waals surface area contributed by atoms with Crippen molar-refractivity contribution in [3.05, 3.63) is 45.5 Å². The van der Waals surface area contributed by atoms with Crippen molar-refractivity contribution in [2.75, 3.05) is 13.1 Å². The van der Waals surface area contributed by atoms with Crippen LogP contribution in [0.2, 0.25) is 0 Å². The number of thiophene rings is 1. The quantitative estimate of drug-likeness (QED) is 0.884. The second-order valence-electron chi connectivity index (χ2n) is 5.65. The molecule has 1 amide bonds. The third kappa shape index (κ3) is 3.24. The highest BCUT2D eigenvalue weighted by molar-refractivity contribution is 7.10. The fourth-order valence-electron chi connectivity index (χ4n) is 2.72. The summed E-state index contributed by atoms with van der Waals surface area (Å²) >= 11 is 1.84. The third-order valence-electron chi connectivity index (χ3n) is 4.14. The number of carbonyl (C=O) groups is 1. The average molecular weight is 319 g/mol. The largest absolute Gasteiger partial charge is 0.467 e. The second kappa shape index (κ2) is 6.64. The van der Waals surface area contributed by atoms with E-state index in [4.69, 9.17) is 10.2 Å². The number of carbonyl (C=O) groups excluding carboxylic acids is 1. The smallest absolute Gasteiger partial charge is 0.254 e. The van der Waals surface area contributed by atoms with Crippen LogP contribution in [0, 0.1) is 0 Å². The van der Waals surface area contributed by atoms with E-state index < -0.39 is 0 Å². The summed E-state index contributed by atoms with van der Waals surface area (Å²) in [5.74, 6) is 0.516. The van der Waals surface area contributed by atoms with Gasteiger partial charge in [0, 0.05) is 30.6 Å². The molecule has 22 heavy (non-hydrogen) atoms. The first-order chi connectivity index (χ1) is 10.7. The summed E-state index contributed by atoms with van der Waals surface area (Å²) in [6.07, 6.45) is 2.56. The number of nitrogens with two attached hydrogens (primary N) is 1. The molecule has 0 aliphatic carbocycles. The summed E-state index contributed by atoms with van der Waals surface area (Å²) in [4.78, 5) is 16.0. The molecule has 1 unspecified atom stereocenters. The molecular formula is C16H21N3O2S. The van der Waals surface area contributed by atoms with Crippen molar-refractivity contribution in [2.45, 2.75) is 32.5 Å². The van der Waals surface area contributed by atoms with Gasteiger partial charge in [-0.1, -0.05) is 0 Å². The minimum atomic E-state index is -0.108. The molecule has 0 spiro atoms. The molecule has 3 rings (SSSR count). The van der Waals surface area contributed by atoms with Crippen LogP contribution in [0.5, 0.6) is 0 Å². The standard InChI is InChI=1S/C16H21N3O2S/c1-11(19-4-2-15-12(9-19)3-5-22-15)8-18-16(20)13-6-14(7-17)21-10-13/h3,5-6,10-11H,2,4,7-9,17H2,1H3,(H,18,20). The molecule has 0 radical (unpaired) electrons. The molecule has 3 heterocycles. The van der Waals surface area contributed by atoms with E-state index in [1.807, 2.05) is 11.3 Å². The molecule has 1 aliphatic heterocycles. The lowest BCUT2D eigenvalue weighted by molar-refractivity contribution is 0.0932. The van der Waals surface area contributed by atoms with E-state index >= 15 is 0 Å². The van der Waals surface area contributed by atoms with Gasteiger partial charge in [0.25, 0.3) is 5.91 Å². The Labute approximate surface area is 134 Å². The van der Waals surface area contributed by atoms with Gasteiger partial charge in [0.1, 0.15) is 12.0 Å². The second-order valence-corrected chi connectivity index (χ2v) is 6.66. The zero-order valence-electron chi connectivity index (χ0n) is 12.7. The van der Waals surface area contributed by atoms with Crippen molar-refractivity contribution in [1.82, 2.24) is 10.2 Å². The van der Waals surface area contributed by atoms with Gasteiger partial charge in [0.05, 0.1) is 12.1 Å². The first kappa shape index (κ1) is 15.3. The molecule has 0 saturated heterocycles. The van der Waals surface area contributed by atoms with Gasteiger partial charge in [-0.15, -0.1) is 11.3 Å². The highest BCUT2D eigenvalue weighted by Gasteiger charge is 2.22. The highest BCUT2D eigenvalue weighted by Crippen LogP contribution is 2.24. The Bertz CT molecular complexity index is 649. The number of furan rings is 1. The Morgan fingerprint density at radius 1 is 1.59 bits per heavy atom. The van der Waals surface area contributed by atoms with Crippen molar-refractivity contribution in [1.29, 1.82) is 0 Å². The van der Waals surface area contributed by atoms with E-state index in [0.29, 0.717) is 30.5 Å². The molecule has 0 fully saturated rings.